The van der Waals surface area contributed by atoms with Gasteiger partial charge in [-0.3, -0.25) is 0 Å². The smallest absolute Gasteiger partial charge is 0.142 e. The minimum atomic E-state index is 0. The SMILES string of the molecule is Cl.Cl.NCCc1nc(Nc2cccc(Br)c2)c2cc(N)ccc2n1. The topological polar surface area (TPSA) is 89.8 Å². The van der Waals surface area contributed by atoms with Crippen LogP contribution in [0.3, 0.4) is 0 Å². The van der Waals surface area contributed by atoms with Crippen molar-refractivity contribution in [1.29, 1.82) is 0 Å². The zero-order valence-corrected chi connectivity index (χ0v) is 15.9. The third-order valence-electron chi connectivity index (χ3n) is 3.22. The Bertz CT molecular complexity index is 829. The molecule has 3 rings (SSSR count). The quantitative estimate of drug-likeness (QED) is 0.543. The predicted molar refractivity (Wildman–Crippen MR) is 109 cm³/mol. The summed E-state index contributed by atoms with van der Waals surface area (Å²) in [6, 6.07) is 13.5. The Balaban J connectivity index is 0.00000144. The fourth-order valence-electron chi connectivity index (χ4n) is 2.23. The Morgan fingerprint density at radius 2 is 1.83 bits per heavy atom. The molecular weight excluding hydrogens is 413 g/mol. The number of aromatic nitrogens is 2. The fraction of sp³-hybridized carbons (Fsp3) is 0.125. The van der Waals surface area contributed by atoms with Gasteiger partial charge in [0, 0.05) is 27.7 Å². The number of nitrogens with two attached hydrogens (primary N) is 2. The molecule has 0 saturated carbocycles. The first-order valence-electron chi connectivity index (χ1n) is 6.94. The minimum Gasteiger partial charge on any atom is -0.399 e. The number of benzene rings is 2. The Morgan fingerprint density at radius 3 is 2.54 bits per heavy atom. The van der Waals surface area contributed by atoms with Crippen LogP contribution < -0.4 is 16.8 Å². The van der Waals surface area contributed by atoms with Gasteiger partial charge in [0.05, 0.1) is 5.52 Å². The first-order valence-corrected chi connectivity index (χ1v) is 7.74. The molecule has 0 atom stereocenters. The summed E-state index contributed by atoms with van der Waals surface area (Å²) in [6.07, 6.45) is 0.632. The molecule has 24 heavy (non-hydrogen) atoms. The lowest BCUT2D eigenvalue weighted by Gasteiger charge is -2.11. The maximum absolute atomic E-state index is 5.90. The molecule has 0 unspecified atom stereocenters. The Morgan fingerprint density at radius 1 is 1.04 bits per heavy atom. The Kier molecular flexibility index (Phi) is 7.69. The number of nitrogens with zero attached hydrogens (tertiary/aromatic N) is 2. The maximum atomic E-state index is 5.90. The van der Waals surface area contributed by atoms with Crippen molar-refractivity contribution < 1.29 is 0 Å². The maximum Gasteiger partial charge on any atom is 0.142 e. The van der Waals surface area contributed by atoms with Crippen LogP contribution >= 0.6 is 40.7 Å². The van der Waals surface area contributed by atoms with Crippen molar-refractivity contribution in [3.8, 4) is 0 Å². The summed E-state index contributed by atoms with van der Waals surface area (Å²) in [5.41, 5.74) is 14.0. The van der Waals surface area contributed by atoms with Crippen LogP contribution in [-0.4, -0.2) is 16.5 Å². The van der Waals surface area contributed by atoms with Crippen molar-refractivity contribution in [1.82, 2.24) is 9.97 Å². The van der Waals surface area contributed by atoms with E-state index in [1.54, 1.807) is 0 Å². The zero-order valence-electron chi connectivity index (χ0n) is 12.7. The normalized spacial score (nSPS) is 9.92. The largest absolute Gasteiger partial charge is 0.399 e. The van der Waals surface area contributed by atoms with E-state index < -0.39 is 0 Å². The highest BCUT2D eigenvalue weighted by Gasteiger charge is 2.08. The molecule has 0 aliphatic rings. The van der Waals surface area contributed by atoms with E-state index in [0.717, 1.165) is 32.7 Å². The average Bonchev–Trinajstić information content (AvgIpc) is 2.48. The molecule has 0 amide bonds. The molecule has 3 aromatic rings. The van der Waals surface area contributed by atoms with Crippen LogP contribution in [0.5, 0.6) is 0 Å². The number of halogens is 3. The van der Waals surface area contributed by atoms with Gasteiger partial charge in [0.15, 0.2) is 0 Å². The predicted octanol–water partition coefficient (Wildman–Crippen LogP) is 4.06. The van der Waals surface area contributed by atoms with E-state index in [1.165, 1.54) is 0 Å². The van der Waals surface area contributed by atoms with E-state index in [4.69, 9.17) is 11.5 Å². The van der Waals surface area contributed by atoms with Crippen LogP contribution in [-0.2, 0) is 6.42 Å². The monoisotopic (exact) mass is 429 g/mol. The van der Waals surface area contributed by atoms with Crippen LogP contribution in [0.4, 0.5) is 17.2 Å². The molecule has 5 nitrogen and oxygen atoms in total. The van der Waals surface area contributed by atoms with E-state index in [1.807, 2.05) is 42.5 Å². The van der Waals surface area contributed by atoms with Crippen LogP contribution in [0.25, 0.3) is 10.9 Å². The highest BCUT2D eigenvalue weighted by atomic mass is 79.9. The van der Waals surface area contributed by atoms with Crippen molar-refractivity contribution in [2.45, 2.75) is 6.42 Å². The van der Waals surface area contributed by atoms with Gasteiger partial charge < -0.3 is 16.8 Å². The van der Waals surface area contributed by atoms with Crippen molar-refractivity contribution in [2.75, 3.05) is 17.6 Å². The zero-order chi connectivity index (χ0) is 15.5. The van der Waals surface area contributed by atoms with Gasteiger partial charge in [-0.05, 0) is 42.9 Å². The molecule has 0 aliphatic heterocycles. The molecule has 0 bridgehead atoms. The molecule has 0 saturated heterocycles. The van der Waals surface area contributed by atoms with Gasteiger partial charge in [0.1, 0.15) is 11.6 Å². The second-order valence-electron chi connectivity index (χ2n) is 4.94. The molecule has 1 aromatic heterocycles. The van der Waals surface area contributed by atoms with E-state index in [-0.39, 0.29) is 24.8 Å². The van der Waals surface area contributed by atoms with Crippen LogP contribution in [0.2, 0.25) is 0 Å². The van der Waals surface area contributed by atoms with Crippen LogP contribution in [0.15, 0.2) is 46.9 Å². The summed E-state index contributed by atoms with van der Waals surface area (Å²) in [5, 5.41) is 4.23. The van der Waals surface area contributed by atoms with E-state index in [9.17, 15) is 0 Å². The van der Waals surface area contributed by atoms with Crippen molar-refractivity contribution in [2.24, 2.45) is 5.73 Å². The standard InChI is InChI=1S/C16H16BrN5.2ClH/c17-10-2-1-3-12(8-10)20-16-13-9-11(19)4-5-14(13)21-15(22-16)6-7-18;;/h1-5,8-9H,6-7,18-19H2,(H,20,21,22);2*1H. The summed E-state index contributed by atoms with van der Waals surface area (Å²) in [5.74, 6) is 1.45. The molecule has 0 spiro atoms. The summed E-state index contributed by atoms with van der Waals surface area (Å²) < 4.78 is 0.998. The molecule has 5 N–H and O–H groups in total. The molecular formula is C16H18BrCl2N5. The highest BCUT2D eigenvalue weighted by Crippen LogP contribution is 2.27. The third-order valence-corrected chi connectivity index (χ3v) is 3.71. The van der Waals surface area contributed by atoms with Crippen LogP contribution in [0, 0.1) is 0 Å². The number of anilines is 3. The lowest BCUT2D eigenvalue weighted by atomic mass is 10.2. The lowest BCUT2D eigenvalue weighted by Crippen LogP contribution is -2.08. The molecule has 128 valence electrons. The average molecular weight is 431 g/mol. The first kappa shape index (κ1) is 20.4. The summed E-state index contributed by atoms with van der Waals surface area (Å²) in [7, 11) is 0. The highest BCUT2D eigenvalue weighted by molar-refractivity contribution is 9.10. The summed E-state index contributed by atoms with van der Waals surface area (Å²) >= 11 is 3.47. The lowest BCUT2D eigenvalue weighted by molar-refractivity contribution is 0.881. The van der Waals surface area contributed by atoms with Gasteiger partial charge in [-0.15, -0.1) is 24.8 Å². The molecule has 0 radical (unpaired) electrons. The molecule has 8 heteroatoms. The number of nitrogen functional groups attached to an aromatic ring is 1. The van der Waals surface area contributed by atoms with E-state index >= 15 is 0 Å². The van der Waals surface area contributed by atoms with Gasteiger partial charge in [0.2, 0.25) is 0 Å². The number of hydrogen-bond acceptors (Lipinski definition) is 5. The molecule has 2 aromatic carbocycles. The Hall–Kier alpha value is -1.60. The van der Waals surface area contributed by atoms with Crippen molar-refractivity contribution in [3.05, 3.63) is 52.8 Å². The Labute approximate surface area is 161 Å². The summed E-state index contributed by atoms with van der Waals surface area (Å²) in [6.45, 7) is 0.511. The molecule has 1 heterocycles. The second kappa shape index (κ2) is 9.03. The number of hydrogen-bond donors (Lipinski definition) is 3. The second-order valence-corrected chi connectivity index (χ2v) is 5.85. The number of nitrogens with one attached hydrogen (secondary N) is 1. The van der Waals surface area contributed by atoms with Crippen LogP contribution in [0.1, 0.15) is 5.82 Å². The third kappa shape index (κ3) is 4.70. The van der Waals surface area contributed by atoms with Gasteiger partial charge in [-0.1, -0.05) is 22.0 Å². The van der Waals surface area contributed by atoms with Gasteiger partial charge in [-0.25, -0.2) is 9.97 Å². The van der Waals surface area contributed by atoms with Gasteiger partial charge in [-0.2, -0.15) is 0 Å². The molecule has 0 fully saturated rings. The van der Waals surface area contributed by atoms with Crippen molar-refractivity contribution >= 4 is 68.8 Å². The van der Waals surface area contributed by atoms with Crippen molar-refractivity contribution in [3.63, 3.8) is 0 Å². The fourth-order valence-corrected chi connectivity index (χ4v) is 2.63. The number of fused-ring (bicyclic) bond motifs is 1. The molecule has 0 aliphatic carbocycles. The summed E-state index contributed by atoms with van der Waals surface area (Å²) in [4.78, 5) is 9.11. The minimum absolute atomic E-state index is 0. The van der Waals surface area contributed by atoms with Gasteiger partial charge >= 0.3 is 0 Å². The van der Waals surface area contributed by atoms with E-state index in [2.05, 4.69) is 31.2 Å². The van der Waals surface area contributed by atoms with Gasteiger partial charge in [0.25, 0.3) is 0 Å². The number of rotatable bonds is 4. The van der Waals surface area contributed by atoms with E-state index in [0.29, 0.717) is 18.7 Å². The first-order chi connectivity index (χ1) is 10.7.